The molecule has 0 atom stereocenters. The third-order valence-electron chi connectivity index (χ3n) is 5.20. The van der Waals surface area contributed by atoms with Crippen LogP contribution in [0.15, 0.2) is 66.7 Å². The molecule has 0 saturated carbocycles. The number of rotatable bonds is 6. The maximum absolute atomic E-state index is 13.1. The van der Waals surface area contributed by atoms with Gasteiger partial charge in [0.2, 0.25) is 10.0 Å². The summed E-state index contributed by atoms with van der Waals surface area (Å²) in [6.07, 6.45) is 1.41. The number of benzene rings is 2. The minimum atomic E-state index is -3.32. The molecule has 1 aliphatic heterocycles. The minimum absolute atomic E-state index is 0.0300. The van der Waals surface area contributed by atoms with Crippen LogP contribution in [0.5, 0.6) is 0 Å². The molecule has 1 aliphatic rings. The highest BCUT2D eigenvalue weighted by Crippen LogP contribution is 2.21. The second-order valence-electron chi connectivity index (χ2n) is 7.37. The zero-order valence-electron chi connectivity index (χ0n) is 16.4. The molecule has 1 aromatic heterocycles. The standard InChI is InChI=1S/C22H23FN4O2S/c23-19-8-6-18(7-9-19)21-10-11-22(26-25-21)24-20-12-14-27(15-13-20)30(28,29)16-17-4-2-1-3-5-17/h1-11,20H,12-16H2,(H,24,26). The summed E-state index contributed by atoms with van der Waals surface area (Å²) in [7, 11) is -3.32. The van der Waals surface area contributed by atoms with E-state index in [1.165, 1.54) is 12.1 Å². The number of nitrogens with one attached hydrogen (secondary N) is 1. The molecule has 156 valence electrons. The smallest absolute Gasteiger partial charge is 0.218 e. The van der Waals surface area contributed by atoms with Crippen molar-refractivity contribution in [1.29, 1.82) is 0 Å². The van der Waals surface area contributed by atoms with Crippen LogP contribution >= 0.6 is 0 Å². The summed E-state index contributed by atoms with van der Waals surface area (Å²) in [5.41, 5.74) is 2.27. The molecule has 6 nitrogen and oxygen atoms in total. The van der Waals surface area contributed by atoms with Crippen molar-refractivity contribution in [2.45, 2.75) is 24.6 Å². The predicted octanol–water partition coefficient (Wildman–Crippen LogP) is 3.69. The zero-order chi connectivity index (χ0) is 21.0. The van der Waals surface area contributed by atoms with E-state index in [4.69, 9.17) is 0 Å². The molecule has 30 heavy (non-hydrogen) atoms. The summed E-state index contributed by atoms with van der Waals surface area (Å²) in [5, 5.41) is 11.7. The average molecular weight is 427 g/mol. The Hall–Kier alpha value is -2.84. The average Bonchev–Trinajstić information content (AvgIpc) is 2.76. The van der Waals surface area contributed by atoms with Gasteiger partial charge in [0.15, 0.2) is 0 Å². The first-order chi connectivity index (χ1) is 14.5. The van der Waals surface area contributed by atoms with Gasteiger partial charge in [-0.15, -0.1) is 10.2 Å². The van der Waals surface area contributed by atoms with E-state index in [2.05, 4.69) is 15.5 Å². The van der Waals surface area contributed by atoms with Gasteiger partial charge in [0.05, 0.1) is 11.4 Å². The number of piperidine rings is 1. The van der Waals surface area contributed by atoms with Crippen molar-refractivity contribution in [2.24, 2.45) is 0 Å². The Morgan fingerprint density at radius 2 is 1.63 bits per heavy atom. The Bertz CT molecular complexity index is 1070. The van der Waals surface area contributed by atoms with Crippen LogP contribution in [-0.4, -0.2) is 42.1 Å². The molecule has 2 aromatic carbocycles. The third-order valence-corrected chi connectivity index (χ3v) is 7.05. The second-order valence-corrected chi connectivity index (χ2v) is 9.34. The molecule has 0 bridgehead atoms. The van der Waals surface area contributed by atoms with E-state index in [0.29, 0.717) is 37.4 Å². The third kappa shape index (κ3) is 5.01. The van der Waals surface area contributed by atoms with Gasteiger partial charge in [0, 0.05) is 24.7 Å². The van der Waals surface area contributed by atoms with Crippen LogP contribution in [0.3, 0.4) is 0 Å². The van der Waals surface area contributed by atoms with E-state index >= 15 is 0 Å². The van der Waals surface area contributed by atoms with E-state index in [-0.39, 0.29) is 17.6 Å². The topological polar surface area (TPSA) is 75.2 Å². The van der Waals surface area contributed by atoms with Gasteiger partial charge in [0.1, 0.15) is 11.6 Å². The maximum atomic E-state index is 13.1. The highest BCUT2D eigenvalue weighted by atomic mass is 32.2. The molecule has 1 fully saturated rings. The molecule has 4 rings (SSSR count). The fraction of sp³-hybridized carbons (Fsp3) is 0.273. The maximum Gasteiger partial charge on any atom is 0.218 e. The van der Waals surface area contributed by atoms with Gasteiger partial charge in [-0.25, -0.2) is 17.1 Å². The molecule has 0 amide bonds. The van der Waals surface area contributed by atoms with Crippen LogP contribution in [0.4, 0.5) is 10.2 Å². The number of nitrogens with zero attached hydrogens (tertiary/aromatic N) is 3. The Morgan fingerprint density at radius 1 is 0.933 bits per heavy atom. The fourth-order valence-corrected chi connectivity index (χ4v) is 5.11. The van der Waals surface area contributed by atoms with Crippen LogP contribution in [0.25, 0.3) is 11.3 Å². The molecule has 0 radical (unpaired) electrons. The lowest BCUT2D eigenvalue weighted by Crippen LogP contribution is -2.42. The lowest BCUT2D eigenvalue weighted by molar-refractivity contribution is 0.329. The van der Waals surface area contributed by atoms with Gasteiger partial charge in [-0.1, -0.05) is 30.3 Å². The fourth-order valence-electron chi connectivity index (χ4n) is 3.55. The molecule has 8 heteroatoms. The zero-order valence-corrected chi connectivity index (χ0v) is 17.2. The van der Waals surface area contributed by atoms with Crippen LogP contribution < -0.4 is 5.32 Å². The largest absolute Gasteiger partial charge is 0.366 e. The summed E-state index contributed by atoms with van der Waals surface area (Å²) >= 11 is 0. The van der Waals surface area contributed by atoms with Gasteiger partial charge in [-0.05, 0) is 54.8 Å². The SMILES string of the molecule is O=S(=O)(Cc1ccccc1)N1CCC(Nc2ccc(-c3ccc(F)cc3)nn2)CC1. The molecule has 0 unspecified atom stereocenters. The second kappa shape index (κ2) is 8.89. The number of hydrogen-bond acceptors (Lipinski definition) is 5. The van der Waals surface area contributed by atoms with Crippen molar-refractivity contribution < 1.29 is 12.8 Å². The van der Waals surface area contributed by atoms with E-state index in [0.717, 1.165) is 11.1 Å². The molecular formula is C22H23FN4O2S. The van der Waals surface area contributed by atoms with E-state index < -0.39 is 10.0 Å². The van der Waals surface area contributed by atoms with Crippen LogP contribution in [0, 0.1) is 5.82 Å². The lowest BCUT2D eigenvalue weighted by Gasteiger charge is -2.31. The highest BCUT2D eigenvalue weighted by Gasteiger charge is 2.28. The summed E-state index contributed by atoms with van der Waals surface area (Å²) in [6, 6.07) is 19.2. The summed E-state index contributed by atoms with van der Waals surface area (Å²) < 4.78 is 40.0. The first-order valence-corrected chi connectivity index (χ1v) is 11.5. The minimum Gasteiger partial charge on any atom is -0.366 e. The van der Waals surface area contributed by atoms with Crippen molar-refractivity contribution in [2.75, 3.05) is 18.4 Å². The van der Waals surface area contributed by atoms with E-state index in [1.807, 2.05) is 42.5 Å². The number of halogens is 1. The summed E-state index contributed by atoms with van der Waals surface area (Å²) in [6.45, 7) is 0.960. The number of anilines is 1. The first-order valence-electron chi connectivity index (χ1n) is 9.87. The summed E-state index contributed by atoms with van der Waals surface area (Å²) in [5.74, 6) is 0.385. The van der Waals surface area contributed by atoms with Crippen molar-refractivity contribution >= 4 is 15.8 Å². The quantitative estimate of drug-likeness (QED) is 0.651. The Balaban J connectivity index is 1.32. The van der Waals surface area contributed by atoms with Gasteiger partial charge in [0.25, 0.3) is 0 Å². The normalized spacial score (nSPS) is 15.8. The van der Waals surface area contributed by atoms with Crippen molar-refractivity contribution in [3.05, 3.63) is 78.1 Å². The monoisotopic (exact) mass is 426 g/mol. The van der Waals surface area contributed by atoms with Gasteiger partial charge in [-0.2, -0.15) is 0 Å². The number of aromatic nitrogens is 2. The van der Waals surface area contributed by atoms with Gasteiger partial charge < -0.3 is 5.32 Å². The highest BCUT2D eigenvalue weighted by molar-refractivity contribution is 7.88. The predicted molar refractivity (Wildman–Crippen MR) is 115 cm³/mol. The van der Waals surface area contributed by atoms with Crippen LogP contribution in [0.2, 0.25) is 0 Å². The molecular weight excluding hydrogens is 403 g/mol. The molecule has 1 saturated heterocycles. The van der Waals surface area contributed by atoms with Crippen LogP contribution in [-0.2, 0) is 15.8 Å². The molecule has 0 spiro atoms. The number of sulfonamides is 1. The summed E-state index contributed by atoms with van der Waals surface area (Å²) in [4.78, 5) is 0. The van der Waals surface area contributed by atoms with E-state index in [1.54, 1.807) is 16.4 Å². The van der Waals surface area contributed by atoms with E-state index in [9.17, 15) is 12.8 Å². The lowest BCUT2D eigenvalue weighted by atomic mass is 10.1. The number of hydrogen-bond donors (Lipinski definition) is 1. The molecule has 0 aliphatic carbocycles. The van der Waals surface area contributed by atoms with Crippen LogP contribution in [0.1, 0.15) is 18.4 Å². The molecule has 3 aromatic rings. The Morgan fingerprint density at radius 3 is 2.27 bits per heavy atom. The first kappa shape index (κ1) is 20.4. The molecule has 2 heterocycles. The Kier molecular flexibility index (Phi) is 6.06. The Labute approximate surface area is 175 Å². The van der Waals surface area contributed by atoms with Gasteiger partial charge >= 0.3 is 0 Å². The van der Waals surface area contributed by atoms with Gasteiger partial charge in [-0.3, -0.25) is 0 Å². The van der Waals surface area contributed by atoms with Crippen molar-refractivity contribution in [3.8, 4) is 11.3 Å². The van der Waals surface area contributed by atoms with Crippen molar-refractivity contribution in [3.63, 3.8) is 0 Å². The van der Waals surface area contributed by atoms with Crippen molar-refractivity contribution in [1.82, 2.24) is 14.5 Å². The molecule has 1 N–H and O–H groups in total.